The Morgan fingerprint density at radius 1 is 1.53 bits per heavy atom. The number of amides is 1. The van der Waals surface area contributed by atoms with Crippen LogP contribution >= 0.6 is 0 Å². The molecule has 0 heterocycles. The van der Waals surface area contributed by atoms with Crippen molar-refractivity contribution in [2.75, 3.05) is 7.11 Å². The molecule has 0 unspecified atom stereocenters. The minimum absolute atomic E-state index is 0.135. The molecular formula is C13H14FNO2. The Balaban J connectivity index is 1.99. The molecule has 4 heteroatoms. The number of nitrogens with one attached hydrogen (secondary N) is 1. The second-order valence-corrected chi connectivity index (χ2v) is 4.01. The Morgan fingerprint density at radius 2 is 2.29 bits per heavy atom. The van der Waals surface area contributed by atoms with Crippen molar-refractivity contribution in [3.8, 4) is 5.75 Å². The fraction of sp³-hybridized carbons (Fsp3) is 0.308. The van der Waals surface area contributed by atoms with E-state index in [-0.39, 0.29) is 11.7 Å². The Hall–Kier alpha value is -1.84. The van der Waals surface area contributed by atoms with Gasteiger partial charge in [0.05, 0.1) is 7.11 Å². The lowest BCUT2D eigenvalue weighted by Gasteiger charge is -2.02. The molecule has 2 rings (SSSR count). The molecule has 0 radical (unpaired) electrons. The summed E-state index contributed by atoms with van der Waals surface area (Å²) in [5.41, 5.74) is 0.634. The number of hydrogen-bond donors (Lipinski definition) is 1. The first-order valence-corrected chi connectivity index (χ1v) is 5.51. The smallest absolute Gasteiger partial charge is 0.244 e. The molecule has 0 bridgehead atoms. The largest absolute Gasteiger partial charge is 0.494 e. The van der Waals surface area contributed by atoms with Crippen molar-refractivity contribution in [2.24, 2.45) is 0 Å². The van der Waals surface area contributed by atoms with Crippen molar-refractivity contribution in [2.45, 2.75) is 18.9 Å². The lowest BCUT2D eigenvalue weighted by molar-refractivity contribution is -0.116. The number of ether oxygens (including phenoxy) is 1. The van der Waals surface area contributed by atoms with Crippen LogP contribution in [-0.2, 0) is 4.79 Å². The molecule has 1 N–H and O–H groups in total. The summed E-state index contributed by atoms with van der Waals surface area (Å²) in [7, 11) is 1.41. The van der Waals surface area contributed by atoms with Gasteiger partial charge in [-0.15, -0.1) is 0 Å². The number of rotatable bonds is 4. The van der Waals surface area contributed by atoms with Crippen LogP contribution < -0.4 is 10.1 Å². The summed E-state index contributed by atoms with van der Waals surface area (Å²) < 4.78 is 18.1. The highest BCUT2D eigenvalue weighted by Gasteiger charge is 2.21. The van der Waals surface area contributed by atoms with Crippen LogP contribution in [0.15, 0.2) is 24.3 Å². The van der Waals surface area contributed by atoms with E-state index in [1.165, 1.54) is 25.3 Å². The lowest BCUT2D eigenvalue weighted by Crippen LogP contribution is -2.22. The summed E-state index contributed by atoms with van der Waals surface area (Å²) in [5, 5.41) is 2.82. The maximum atomic E-state index is 13.3. The third-order valence-electron chi connectivity index (χ3n) is 2.53. The van der Waals surface area contributed by atoms with Gasteiger partial charge in [-0.25, -0.2) is 4.39 Å². The number of hydrogen-bond acceptors (Lipinski definition) is 2. The zero-order chi connectivity index (χ0) is 12.3. The van der Waals surface area contributed by atoms with Crippen LogP contribution in [0.3, 0.4) is 0 Å². The van der Waals surface area contributed by atoms with Crippen LogP contribution in [0.2, 0.25) is 0 Å². The normalized spacial score (nSPS) is 14.9. The standard InChI is InChI=1S/C13H14FNO2/c1-17-12-6-2-9(8-11(12)14)3-7-13(16)15-10-4-5-10/h2-3,6-8,10H,4-5H2,1H3,(H,15,16). The van der Waals surface area contributed by atoms with E-state index in [0.29, 0.717) is 11.6 Å². The molecule has 0 saturated heterocycles. The highest BCUT2D eigenvalue weighted by atomic mass is 19.1. The third-order valence-corrected chi connectivity index (χ3v) is 2.53. The van der Waals surface area contributed by atoms with E-state index in [1.54, 1.807) is 12.1 Å². The number of methoxy groups -OCH3 is 1. The zero-order valence-electron chi connectivity index (χ0n) is 9.57. The highest BCUT2D eigenvalue weighted by molar-refractivity contribution is 5.92. The Bertz CT molecular complexity index is 453. The van der Waals surface area contributed by atoms with E-state index in [2.05, 4.69) is 5.32 Å². The van der Waals surface area contributed by atoms with Crippen LogP contribution in [0.5, 0.6) is 5.75 Å². The Kier molecular flexibility index (Phi) is 3.42. The topological polar surface area (TPSA) is 38.3 Å². The third kappa shape index (κ3) is 3.31. The van der Waals surface area contributed by atoms with Gasteiger partial charge in [0.2, 0.25) is 5.91 Å². The van der Waals surface area contributed by atoms with Gasteiger partial charge < -0.3 is 10.1 Å². The molecule has 1 aromatic carbocycles. The van der Waals surface area contributed by atoms with Gasteiger partial charge in [0.25, 0.3) is 0 Å². The van der Waals surface area contributed by atoms with Gasteiger partial charge >= 0.3 is 0 Å². The fourth-order valence-corrected chi connectivity index (χ4v) is 1.44. The van der Waals surface area contributed by atoms with Gasteiger partial charge in [-0.2, -0.15) is 0 Å². The summed E-state index contributed by atoms with van der Waals surface area (Å²) in [4.78, 5) is 11.4. The molecule has 3 nitrogen and oxygen atoms in total. The first-order chi connectivity index (χ1) is 8.19. The predicted octanol–water partition coefficient (Wildman–Crippen LogP) is 2.13. The molecule has 1 amide bonds. The summed E-state index contributed by atoms with van der Waals surface area (Å²) in [6.45, 7) is 0. The number of carbonyl (C=O) groups is 1. The van der Waals surface area contributed by atoms with E-state index in [9.17, 15) is 9.18 Å². The number of carbonyl (C=O) groups excluding carboxylic acids is 1. The van der Waals surface area contributed by atoms with Crippen molar-refractivity contribution in [1.29, 1.82) is 0 Å². The summed E-state index contributed by atoms with van der Waals surface area (Å²) in [6.07, 6.45) is 5.10. The van der Waals surface area contributed by atoms with E-state index >= 15 is 0 Å². The minimum Gasteiger partial charge on any atom is -0.494 e. The molecule has 1 saturated carbocycles. The fourth-order valence-electron chi connectivity index (χ4n) is 1.44. The second kappa shape index (κ2) is 4.99. The number of halogens is 1. The molecule has 0 atom stereocenters. The van der Waals surface area contributed by atoms with Gasteiger partial charge in [0, 0.05) is 12.1 Å². The van der Waals surface area contributed by atoms with Crippen LogP contribution in [0, 0.1) is 5.82 Å². The van der Waals surface area contributed by atoms with Crippen LogP contribution in [0.25, 0.3) is 6.08 Å². The van der Waals surface area contributed by atoms with Crippen LogP contribution in [0.1, 0.15) is 18.4 Å². The van der Waals surface area contributed by atoms with Crippen LogP contribution in [-0.4, -0.2) is 19.1 Å². The minimum atomic E-state index is -0.433. The van der Waals surface area contributed by atoms with Gasteiger partial charge in [0.15, 0.2) is 11.6 Å². The molecule has 17 heavy (non-hydrogen) atoms. The van der Waals surface area contributed by atoms with Crippen molar-refractivity contribution in [3.63, 3.8) is 0 Å². The first kappa shape index (κ1) is 11.6. The number of benzene rings is 1. The summed E-state index contributed by atoms with van der Waals surface area (Å²) in [6, 6.07) is 4.90. The molecule has 1 aliphatic carbocycles. The molecule has 0 aromatic heterocycles. The molecular weight excluding hydrogens is 221 g/mol. The van der Waals surface area contributed by atoms with E-state index in [4.69, 9.17) is 4.74 Å². The molecule has 1 fully saturated rings. The maximum Gasteiger partial charge on any atom is 0.244 e. The van der Waals surface area contributed by atoms with Crippen molar-refractivity contribution in [1.82, 2.24) is 5.32 Å². The van der Waals surface area contributed by atoms with E-state index in [1.807, 2.05) is 0 Å². The monoisotopic (exact) mass is 235 g/mol. The zero-order valence-corrected chi connectivity index (χ0v) is 9.57. The summed E-state index contributed by atoms with van der Waals surface area (Å²) >= 11 is 0. The van der Waals surface area contributed by atoms with E-state index < -0.39 is 5.82 Å². The maximum absolute atomic E-state index is 13.3. The van der Waals surface area contributed by atoms with Crippen LogP contribution in [0.4, 0.5) is 4.39 Å². The molecule has 0 spiro atoms. The second-order valence-electron chi connectivity index (χ2n) is 4.01. The quantitative estimate of drug-likeness (QED) is 0.812. The Morgan fingerprint density at radius 3 is 2.88 bits per heavy atom. The first-order valence-electron chi connectivity index (χ1n) is 5.51. The lowest BCUT2D eigenvalue weighted by atomic mass is 10.2. The van der Waals surface area contributed by atoms with Crippen molar-refractivity contribution >= 4 is 12.0 Å². The molecule has 90 valence electrons. The van der Waals surface area contributed by atoms with E-state index in [0.717, 1.165) is 12.8 Å². The molecule has 1 aromatic rings. The SMILES string of the molecule is COc1ccc(C=CC(=O)NC2CC2)cc1F. The molecule has 1 aliphatic rings. The summed E-state index contributed by atoms with van der Waals surface area (Å²) in [5.74, 6) is -0.370. The molecule has 0 aliphatic heterocycles. The Labute approximate surface area is 99.3 Å². The van der Waals surface area contributed by atoms with Crippen molar-refractivity contribution < 1.29 is 13.9 Å². The van der Waals surface area contributed by atoms with Gasteiger partial charge in [-0.1, -0.05) is 6.07 Å². The van der Waals surface area contributed by atoms with Gasteiger partial charge in [-0.3, -0.25) is 4.79 Å². The average Bonchev–Trinajstić information content (AvgIpc) is 3.10. The van der Waals surface area contributed by atoms with Gasteiger partial charge in [-0.05, 0) is 36.6 Å². The average molecular weight is 235 g/mol. The predicted molar refractivity (Wildman–Crippen MR) is 63.2 cm³/mol. The highest BCUT2D eigenvalue weighted by Crippen LogP contribution is 2.19. The van der Waals surface area contributed by atoms with Gasteiger partial charge in [0.1, 0.15) is 0 Å². The van der Waals surface area contributed by atoms with Crippen molar-refractivity contribution in [3.05, 3.63) is 35.7 Å².